The molecule has 34 heavy (non-hydrogen) atoms. The maximum atomic E-state index is 13.8. The predicted octanol–water partition coefficient (Wildman–Crippen LogP) is 1.83. The van der Waals surface area contributed by atoms with E-state index in [1.807, 2.05) is 24.3 Å². The Morgan fingerprint density at radius 2 is 1.74 bits per heavy atom. The standard InChI is InChI=1S/C26H36N4O4/c1-2-28-14-16-29(17-15-28)20-8-6-19(7-9-20)24(32)27-26(11-4-3-5-12-26)25(33)30-13-10-22-23(30)21(31)18-34-22/h6-9,22-23H,2-5,10-18H2,1H3,(H,27,32)/t22-,23-/m1/s1. The molecule has 0 unspecified atom stereocenters. The molecule has 3 saturated heterocycles. The lowest BCUT2D eigenvalue weighted by Crippen LogP contribution is -2.62. The number of rotatable bonds is 5. The highest BCUT2D eigenvalue weighted by Crippen LogP contribution is 2.35. The van der Waals surface area contributed by atoms with E-state index in [0.29, 0.717) is 31.4 Å². The van der Waals surface area contributed by atoms with E-state index < -0.39 is 11.6 Å². The first kappa shape index (κ1) is 23.3. The number of Topliss-reactive ketones (excluding diaryl/α,β-unsaturated/α-hetero) is 1. The Labute approximate surface area is 201 Å². The van der Waals surface area contributed by atoms with Crippen LogP contribution in [0.5, 0.6) is 0 Å². The number of likely N-dealkylation sites (tertiary alicyclic amines) is 1. The highest BCUT2D eigenvalue weighted by molar-refractivity contribution is 6.01. The normalized spacial score (nSPS) is 27.0. The van der Waals surface area contributed by atoms with E-state index in [1.54, 1.807) is 4.90 Å². The van der Waals surface area contributed by atoms with E-state index in [1.165, 1.54) is 0 Å². The largest absolute Gasteiger partial charge is 0.369 e. The number of anilines is 1. The first-order chi connectivity index (χ1) is 16.5. The second-order valence-corrected chi connectivity index (χ2v) is 10.1. The average molecular weight is 469 g/mol. The molecule has 8 heteroatoms. The van der Waals surface area contributed by atoms with Crippen molar-refractivity contribution in [1.82, 2.24) is 15.1 Å². The van der Waals surface area contributed by atoms with Crippen molar-refractivity contribution in [2.24, 2.45) is 0 Å². The van der Waals surface area contributed by atoms with Crippen LogP contribution >= 0.6 is 0 Å². The Morgan fingerprint density at radius 1 is 1.03 bits per heavy atom. The van der Waals surface area contributed by atoms with Gasteiger partial charge in [0.25, 0.3) is 5.91 Å². The molecule has 4 fully saturated rings. The molecule has 1 saturated carbocycles. The minimum absolute atomic E-state index is 0.0245. The highest BCUT2D eigenvalue weighted by Gasteiger charge is 2.52. The lowest BCUT2D eigenvalue weighted by molar-refractivity contribution is -0.143. The molecule has 4 aliphatic rings. The molecule has 184 valence electrons. The number of hydrogen-bond acceptors (Lipinski definition) is 6. The molecular weight excluding hydrogens is 432 g/mol. The first-order valence-electron chi connectivity index (χ1n) is 12.9. The van der Waals surface area contributed by atoms with Crippen LogP contribution in [-0.2, 0) is 14.3 Å². The van der Waals surface area contributed by atoms with Crippen LogP contribution in [0.3, 0.4) is 0 Å². The summed E-state index contributed by atoms with van der Waals surface area (Å²) >= 11 is 0. The van der Waals surface area contributed by atoms with Crippen molar-refractivity contribution in [2.75, 3.05) is 50.8 Å². The minimum Gasteiger partial charge on any atom is -0.369 e. The number of benzene rings is 1. The Kier molecular flexibility index (Phi) is 6.62. The summed E-state index contributed by atoms with van der Waals surface area (Å²) in [5, 5.41) is 3.13. The fourth-order valence-electron chi connectivity index (χ4n) is 6.08. The molecule has 2 amide bonds. The molecule has 2 atom stereocenters. The summed E-state index contributed by atoms with van der Waals surface area (Å²) in [7, 11) is 0. The maximum absolute atomic E-state index is 13.8. The van der Waals surface area contributed by atoms with Gasteiger partial charge in [-0.3, -0.25) is 14.4 Å². The zero-order chi connectivity index (χ0) is 23.7. The maximum Gasteiger partial charge on any atom is 0.252 e. The van der Waals surface area contributed by atoms with Crippen LogP contribution in [0.2, 0.25) is 0 Å². The topological polar surface area (TPSA) is 82.2 Å². The third-order valence-electron chi connectivity index (χ3n) is 8.16. The molecule has 1 aromatic rings. The van der Waals surface area contributed by atoms with Crippen LogP contribution in [0.4, 0.5) is 5.69 Å². The number of amides is 2. The lowest BCUT2D eigenvalue weighted by Gasteiger charge is -2.40. The summed E-state index contributed by atoms with van der Waals surface area (Å²) in [6.07, 6.45) is 4.54. The second kappa shape index (κ2) is 9.66. The third kappa shape index (κ3) is 4.33. The molecule has 5 rings (SSSR count). The molecule has 1 N–H and O–H groups in total. The van der Waals surface area contributed by atoms with Gasteiger partial charge in [0.2, 0.25) is 5.91 Å². The molecular formula is C26H36N4O4. The highest BCUT2D eigenvalue weighted by atomic mass is 16.5. The van der Waals surface area contributed by atoms with Crippen molar-refractivity contribution in [3.8, 4) is 0 Å². The zero-order valence-electron chi connectivity index (χ0n) is 20.1. The van der Waals surface area contributed by atoms with Crippen molar-refractivity contribution < 1.29 is 19.1 Å². The van der Waals surface area contributed by atoms with Gasteiger partial charge in [-0.05, 0) is 50.1 Å². The summed E-state index contributed by atoms with van der Waals surface area (Å²) < 4.78 is 5.58. The fourth-order valence-corrected chi connectivity index (χ4v) is 6.08. The molecule has 1 aromatic carbocycles. The van der Waals surface area contributed by atoms with E-state index in [4.69, 9.17) is 4.74 Å². The number of carbonyl (C=O) groups is 3. The van der Waals surface area contributed by atoms with Gasteiger partial charge in [0.1, 0.15) is 18.2 Å². The van der Waals surface area contributed by atoms with Gasteiger partial charge in [-0.2, -0.15) is 0 Å². The van der Waals surface area contributed by atoms with E-state index in [2.05, 4.69) is 22.0 Å². The molecule has 0 spiro atoms. The number of nitrogens with one attached hydrogen (secondary N) is 1. The monoisotopic (exact) mass is 468 g/mol. The number of ether oxygens (including phenoxy) is 1. The molecule has 0 aromatic heterocycles. The smallest absolute Gasteiger partial charge is 0.252 e. The van der Waals surface area contributed by atoms with Crippen molar-refractivity contribution in [3.63, 3.8) is 0 Å². The summed E-state index contributed by atoms with van der Waals surface area (Å²) in [4.78, 5) is 45.9. The van der Waals surface area contributed by atoms with Crippen molar-refractivity contribution in [2.45, 2.75) is 63.1 Å². The Bertz CT molecular complexity index is 919. The summed E-state index contributed by atoms with van der Waals surface area (Å²) in [6, 6.07) is 7.24. The van der Waals surface area contributed by atoms with Crippen LogP contribution in [0.1, 0.15) is 55.8 Å². The molecule has 0 bridgehead atoms. The number of fused-ring (bicyclic) bond motifs is 1. The van der Waals surface area contributed by atoms with Crippen molar-refractivity contribution >= 4 is 23.3 Å². The minimum atomic E-state index is -0.942. The first-order valence-corrected chi connectivity index (χ1v) is 12.9. The lowest BCUT2D eigenvalue weighted by atomic mass is 9.80. The van der Waals surface area contributed by atoms with Crippen molar-refractivity contribution in [3.05, 3.63) is 29.8 Å². The van der Waals surface area contributed by atoms with Gasteiger partial charge in [-0.1, -0.05) is 26.2 Å². The number of ketones is 1. The molecule has 1 aliphatic carbocycles. The van der Waals surface area contributed by atoms with Crippen LogP contribution in [-0.4, -0.2) is 91.0 Å². The number of hydrogen-bond donors (Lipinski definition) is 1. The van der Waals surface area contributed by atoms with Crippen LogP contribution in [0.25, 0.3) is 0 Å². The SMILES string of the molecule is CCN1CCN(c2ccc(C(=O)NC3(C(=O)N4CC[C@H]5OCC(=O)[C@H]54)CCCCC3)cc2)CC1. The summed E-state index contributed by atoms with van der Waals surface area (Å²) in [5.74, 6) is -0.358. The van der Waals surface area contributed by atoms with E-state index in [0.717, 1.165) is 57.7 Å². The summed E-state index contributed by atoms with van der Waals surface area (Å²) in [6.45, 7) is 7.93. The Morgan fingerprint density at radius 3 is 2.41 bits per heavy atom. The Balaban J connectivity index is 1.29. The molecule has 3 aliphatic heterocycles. The van der Waals surface area contributed by atoms with Crippen LogP contribution in [0.15, 0.2) is 24.3 Å². The fraction of sp³-hybridized carbons (Fsp3) is 0.654. The van der Waals surface area contributed by atoms with Crippen molar-refractivity contribution in [1.29, 1.82) is 0 Å². The van der Waals surface area contributed by atoms with Gasteiger partial charge < -0.3 is 24.8 Å². The van der Waals surface area contributed by atoms with Gasteiger partial charge in [-0.25, -0.2) is 0 Å². The second-order valence-electron chi connectivity index (χ2n) is 10.1. The zero-order valence-corrected chi connectivity index (χ0v) is 20.1. The van der Waals surface area contributed by atoms with Gasteiger partial charge in [0.05, 0.1) is 6.10 Å². The number of nitrogens with zero attached hydrogens (tertiary/aromatic N) is 3. The van der Waals surface area contributed by atoms with Gasteiger partial charge >= 0.3 is 0 Å². The van der Waals surface area contributed by atoms with E-state index in [-0.39, 0.29) is 30.3 Å². The molecule has 3 heterocycles. The summed E-state index contributed by atoms with van der Waals surface area (Å²) in [5.41, 5.74) is 0.745. The Hall–Kier alpha value is -2.45. The predicted molar refractivity (Wildman–Crippen MR) is 129 cm³/mol. The number of piperazine rings is 1. The number of likely N-dealkylation sites (N-methyl/N-ethyl adjacent to an activating group) is 1. The number of carbonyl (C=O) groups excluding carboxylic acids is 3. The third-order valence-corrected chi connectivity index (χ3v) is 8.16. The molecule has 0 radical (unpaired) electrons. The van der Waals surface area contributed by atoms with E-state index >= 15 is 0 Å². The molecule has 8 nitrogen and oxygen atoms in total. The quantitative estimate of drug-likeness (QED) is 0.710. The van der Waals surface area contributed by atoms with E-state index in [9.17, 15) is 14.4 Å². The van der Waals surface area contributed by atoms with Gasteiger partial charge in [-0.15, -0.1) is 0 Å². The average Bonchev–Trinajstić information content (AvgIpc) is 3.47. The van der Waals surface area contributed by atoms with Gasteiger partial charge in [0, 0.05) is 44.0 Å². The van der Waals surface area contributed by atoms with Crippen LogP contribution < -0.4 is 10.2 Å². The van der Waals surface area contributed by atoms with Crippen LogP contribution in [0, 0.1) is 0 Å². The van der Waals surface area contributed by atoms with Gasteiger partial charge in [0.15, 0.2) is 5.78 Å².